The van der Waals surface area contributed by atoms with Crippen molar-refractivity contribution in [2.75, 3.05) is 5.32 Å². The van der Waals surface area contributed by atoms with Gasteiger partial charge in [0.05, 0.1) is 5.69 Å². The number of nitrogens with zero attached hydrogens (tertiary/aromatic N) is 3. The molecule has 0 spiro atoms. The average Bonchev–Trinajstić information content (AvgIpc) is 2.91. The minimum atomic E-state index is -0.482. The number of nitrogens with one attached hydrogen (secondary N) is 1. The first-order valence-corrected chi connectivity index (χ1v) is 8.25. The predicted molar refractivity (Wildman–Crippen MR) is 88.4 cm³/mol. The highest BCUT2D eigenvalue weighted by Gasteiger charge is 2.18. The number of thiazole rings is 2. The van der Waals surface area contributed by atoms with Gasteiger partial charge in [-0.15, -0.1) is 22.7 Å². The fraction of sp³-hybridized carbons (Fsp3) is 0.286. The molecular weight excluding hydrogens is 320 g/mol. The van der Waals surface area contributed by atoms with E-state index in [-0.39, 0.29) is 11.1 Å². The highest BCUT2D eigenvalue weighted by Crippen LogP contribution is 2.22. The van der Waals surface area contributed by atoms with Crippen LogP contribution >= 0.6 is 22.7 Å². The van der Waals surface area contributed by atoms with Crippen molar-refractivity contribution in [3.63, 3.8) is 0 Å². The summed E-state index contributed by atoms with van der Waals surface area (Å²) in [7, 11) is 0. The zero-order valence-electron chi connectivity index (χ0n) is 12.6. The second-order valence-electron chi connectivity index (χ2n) is 4.95. The number of hydrogen-bond acceptors (Lipinski definition) is 6. The predicted octanol–water partition coefficient (Wildman–Crippen LogP) is 2.70. The van der Waals surface area contributed by atoms with Gasteiger partial charge < -0.3 is 0 Å². The number of aromatic nitrogens is 3. The molecule has 0 aliphatic heterocycles. The van der Waals surface area contributed by atoms with Crippen molar-refractivity contribution in [2.45, 2.75) is 27.7 Å². The molecule has 3 heterocycles. The molecule has 3 rings (SSSR count). The molecule has 0 radical (unpaired) electrons. The van der Waals surface area contributed by atoms with Crippen LogP contribution in [0.15, 0.2) is 11.0 Å². The molecule has 3 aromatic rings. The van der Waals surface area contributed by atoms with Crippen molar-refractivity contribution >= 4 is 38.7 Å². The number of rotatable bonds is 2. The molecule has 0 aliphatic carbocycles. The highest BCUT2D eigenvalue weighted by atomic mass is 32.1. The van der Waals surface area contributed by atoms with Crippen LogP contribution in [0.2, 0.25) is 0 Å². The lowest BCUT2D eigenvalue weighted by Crippen LogP contribution is -2.26. The van der Waals surface area contributed by atoms with E-state index in [0.29, 0.717) is 10.1 Å². The summed E-state index contributed by atoms with van der Waals surface area (Å²) >= 11 is 2.82. The first-order chi connectivity index (χ1) is 10.4. The van der Waals surface area contributed by atoms with Crippen LogP contribution in [-0.4, -0.2) is 20.3 Å². The second kappa shape index (κ2) is 5.29. The van der Waals surface area contributed by atoms with Gasteiger partial charge in [0, 0.05) is 21.6 Å². The number of aryl methyl sites for hydroxylation is 4. The Morgan fingerprint density at radius 2 is 1.91 bits per heavy atom. The summed E-state index contributed by atoms with van der Waals surface area (Å²) in [5.41, 5.74) is 1.35. The van der Waals surface area contributed by atoms with Crippen molar-refractivity contribution in [2.24, 2.45) is 0 Å². The Kier molecular flexibility index (Phi) is 3.57. The third-order valence-electron chi connectivity index (χ3n) is 3.51. The van der Waals surface area contributed by atoms with Gasteiger partial charge >= 0.3 is 0 Å². The number of carbonyl (C=O) groups excluding carboxylic acids is 1. The van der Waals surface area contributed by atoms with Gasteiger partial charge in [-0.2, -0.15) is 0 Å². The zero-order valence-corrected chi connectivity index (χ0v) is 14.2. The Balaban J connectivity index is 2.02. The minimum Gasteiger partial charge on any atom is -0.298 e. The van der Waals surface area contributed by atoms with Crippen LogP contribution < -0.4 is 10.9 Å². The van der Waals surface area contributed by atoms with Gasteiger partial charge in [0.25, 0.3) is 11.5 Å². The SMILES string of the molecule is Cc1nc(NC(=O)c2cnc3sc(C)c(C)n3c2=O)sc1C. The molecule has 0 bridgehead atoms. The highest BCUT2D eigenvalue weighted by molar-refractivity contribution is 7.17. The van der Waals surface area contributed by atoms with E-state index in [1.807, 2.05) is 27.7 Å². The third kappa shape index (κ3) is 2.34. The Morgan fingerprint density at radius 3 is 2.55 bits per heavy atom. The molecule has 22 heavy (non-hydrogen) atoms. The molecule has 3 aromatic heterocycles. The van der Waals surface area contributed by atoms with E-state index in [1.54, 1.807) is 0 Å². The summed E-state index contributed by atoms with van der Waals surface area (Å²) in [5.74, 6) is -0.482. The Morgan fingerprint density at radius 1 is 1.18 bits per heavy atom. The summed E-state index contributed by atoms with van der Waals surface area (Å²) < 4.78 is 1.48. The zero-order chi connectivity index (χ0) is 16.0. The van der Waals surface area contributed by atoms with Gasteiger partial charge in [-0.05, 0) is 27.7 Å². The maximum atomic E-state index is 12.5. The van der Waals surface area contributed by atoms with Crippen LogP contribution in [-0.2, 0) is 0 Å². The van der Waals surface area contributed by atoms with E-state index < -0.39 is 5.91 Å². The lowest BCUT2D eigenvalue weighted by Gasteiger charge is -2.02. The van der Waals surface area contributed by atoms with E-state index >= 15 is 0 Å². The molecule has 1 amide bonds. The normalized spacial score (nSPS) is 11.1. The van der Waals surface area contributed by atoms with E-state index in [9.17, 15) is 9.59 Å². The van der Waals surface area contributed by atoms with Gasteiger partial charge in [0.2, 0.25) is 0 Å². The minimum absolute atomic E-state index is 0.0175. The van der Waals surface area contributed by atoms with Crippen LogP contribution in [0.5, 0.6) is 0 Å². The molecule has 8 heteroatoms. The van der Waals surface area contributed by atoms with Crippen LogP contribution in [0.1, 0.15) is 31.5 Å². The standard InChI is InChI=1S/C14H14N4O2S2/c1-6-8(3)21-13(16-6)17-11(19)10-5-15-14-18(12(10)20)7(2)9(4)22-14/h5H,1-4H3,(H,16,17,19). The largest absolute Gasteiger partial charge is 0.298 e. The second-order valence-corrected chi connectivity index (χ2v) is 7.34. The summed E-state index contributed by atoms with van der Waals surface area (Å²) in [4.78, 5) is 35.9. The summed E-state index contributed by atoms with van der Waals surface area (Å²) in [6, 6.07) is 0. The van der Waals surface area contributed by atoms with Gasteiger partial charge in [-0.1, -0.05) is 0 Å². The molecule has 0 aromatic carbocycles. The van der Waals surface area contributed by atoms with E-state index in [1.165, 1.54) is 33.3 Å². The number of anilines is 1. The lowest BCUT2D eigenvalue weighted by molar-refractivity contribution is 0.102. The maximum Gasteiger partial charge on any atom is 0.271 e. The summed E-state index contributed by atoms with van der Waals surface area (Å²) in [6.45, 7) is 7.58. The molecule has 0 fully saturated rings. The summed E-state index contributed by atoms with van der Waals surface area (Å²) in [6.07, 6.45) is 1.33. The van der Waals surface area contributed by atoms with Crippen molar-refractivity contribution in [1.29, 1.82) is 0 Å². The van der Waals surface area contributed by atoms with E-state index in [2.05, 4.69) is 15.3 Å². The van der Waals surface area contributed by atoms with Crippen molar-refractivity contribution < 1.29 is 4.79 Å². The molecular formula is C14H14N4O2S2. The van der Waals surface area contributed by atoms with Crippen molar-refractivity contribution in [3.05, 3.63) is 43.3 Å². The molecule has 1 N–H and O–H groups in total. The molecule has 0 saturated carbocycles. The maximum absolute atomic E-state index is 12.5. The van der Waals surface area contributed by atoms with Crippen LogP contribution in [0, 0.1) is 27.7 Å². The molecule has 0 unspecified atom stereocenters. The smallest absolute Gasteiger partial charge is 0.271 e. The topological polar surface area (TPSA) is 76.4 Å². The Hall–Kier alpha value is -2.06. The van der Waals surface area contributed by atoms with E-state index in [4.69, 9.17) is 0 Å². The molecule has 0 atom stereocenters. The molecule has 0 saturated heterocycles. The Bertz CT molecular complexity index is 932. The first-order valence-electron chi connectivity index (χ1n) is 6.61. The number of amides is 1. The third-order valence-corrected chi connectivity index (χ3v) is 5.57. The van der Waals surface area contributed by atoms with Crippen LogP contribution in [0.25, 0.3) is 4.96 Å². The number of hydrogen-bond donors (Lipinski definition) is 1. The fourth-order valence-corrected chi connectivity index (χ4v) is 3.76. The van der Waals surface area contributed by atoms with Gasteiger partial charge in [0.1, 0.15) is 5.56 Å². The number of carbonyl (C=O) groups is 1. The van der Waals surface area contributed by atoms with E-state index in [0.717, 1.165) is 21.1 Å². The van der Waals surface area contributed by atoms with Crippen molar-refractivity contribution in [1.82, 2.24) is 14.4 Å². The quantitative estimate of drug-likeness (QED) is 0.782. The molecule has 0 aliphatic rings. The fourth-order valence-electron chi connectivity index (χ4n) is 2.02. The molecule has 114 valence electrons. The van der Waals surface area contributed by atoms with Gasteiger partial charge in [-0.3, -0.25) is 19.3 Å². The number of fused-ring (bicyclic) bond motifs is 1. The van der Waals surface area contributed by atoms with Gasteiger partial charge in [0.15, 0.2) is 10.1 Å². The average molecular weight is 334 g/mol. The van der Waals surface area contributed by atoms with Crippen LogP contribution in [0.3, 0.4) is 0 Å². The summed E-state index contributed by atoms with van der Waals surface area (Å²) in [5, 5.41) is 3.16. The lowest BCUT2D eigenvalue weighted by atomic mass is 10.3. The first kappa shape index (κ1) is 14.9. The van der Waals surface area contributed by atoms with Crippen molar-refractivity contribution in [3.8, 4) is 0 Å². The van der Waals surface area contributed by atoms with Crippen LogP contribution in [0.4, 0.5) is 5.13 Å². The molecule has 6 nitrogen and oxygen atoms in total. The monoisotopic (exact) mass is 334 g/mol. The van der Waals surface area contributed by atoms with Gasteiger partial charge in [-0.25, -0.2) is 9.97 Å². The Labute approximate surface area is 134 Å².